The lowest BCUT2D eigenvalue weighted by Gasteiger charge is -2.22. The fourth-order valence-electron chi connectivity index (χ4n) is 4.73. The largest absolute Gasteiger partial charge is 0.456 e. The van der Waals surface area contributed by atoms with Crippen LogP contribution in [0, 0.1) is 0 Å². The molecule has 0 bridgehead atoms. The Labute approximate surface area is 232 Å². The van der Waals surface area contributed by atoms with Gasteiger partial charge in [0.2, 0.25) is 0 Å². The van der Waals surface area contributed by atoms with Gasteiger partial charge in [0.25, 0.3) is 0 Å². The third kappa shape index (κ3) is 2.61. The van der Waals surface area contributed by atoms with Gasteiger partial charge in [0.05, 0.1) is 34.3 Å². The van der Waals surface area contributed by atoms with Gasteiger partial charge in [-0.1, -0.05) is 90.7 Å². The van der Waals surface area contributed by atoms with Crippen LogP contribution in [0.1, 0.15) is 23.3 Å². The number of fused-ring (bicyclic) bond motifs is 5. The molecule has 0 saturated heterocycles. The molecule has 2 nitrogen and oxygen atoms in total. The van der Waals surface area contributed by atoms with Crippen molar-refractivity contribution in [1.29, 1.82) is 0 Å². The van der Waals surface area contributed by atoms with E-state index in [9.17, 15) is 2.74 Å². The number of hydrogen-bond donors (Lipinski definition) is 0. The normalized spacial score (nSPS) is 18.7. The Morgan fingerprint density at radius 3 is 2.19 bits per heavy atom. The zero-order chi connectivity index (χ0) is 38.4. The molecular formula is C34H21NO. The van der Waals surface area contributed by atoms with Crippen LogP contribution in [0.15, 0.2) is 127 Å². The van der Waals surface area contributed by atoms with Crippen molar-refractivity contribution in [1.82, 2.24) is 4.57 Å². The van der Waals surface area contributed by atoms with Gasteiger partial charge >= 0.3 is 0 Å². The molecule has 1 aliphatic rings. The summed E-state index contributed by atoms with van der Waals surface area (Å²) in [7, 11) is 0. The van der Waals surface area contributed by atoms with Crippen LogP contribution in [0.4, 0.5) is 0 Å². The van der Waals surface area contributed by atoms with Crippen molar-refractivity contribution >= 4 is 32.6 Å². The fraction of sp³-hybridized carbons (Fsp3) is 0. The maximum atomic E-state index is 9.35. The van der Waals surface area contributed by atoms with Gasteiger partial charge < -0.3 is 9.30 Å². The zero-order valence-electron chi connectivity index (χ0n) is 35.2. The number of nitrogens with zero attached hydrogens (tertiary/aromatic N) is 1. The summed E-state index contributed by atoms with van der Waals surface area (Å²) in [6, 6.07) is -5.65. The molecule has 0 amide bonds. The van der Waals surface area contributed by atoms with E-state index in [1.807, 2.05) is 0 Å². The van der Waals surface area contributed by atoms with Crippen molar-refractivity contribution < 1.29 is 28.0 Å². The third-order valence-corrected chi connectivity index (χ3v) is 6.20. The Balaban J connectivity index is 1.75. The van der Waals surface area contributed by atoms with E-state index in [1.54, 1.807) is 24.3 Å². The van der Waals surface area contributed by atoms with Crippen LogP contribution < -0.4 is 4.74 Å². The van der Waals surface area contributed by atoms with Gasteiger partial charge in [-0.05, 0) is 52.8 Å². The molecule has 36 heavy (non-hydrogen) atoms. The SMILES string of the molecule is [2H]c1c([2H])c([2H])c(-n2c3c([2H])c([2H])c([2H])c([2H])c3c3c([2H])c([2H])c([2H])c(-c4c([2H])c([2H])c5c6c(c([2H])c([2H])c([2H])c46)-c4ccccc4O5)c32)c([2H])c1[2H]. The Morgan fingerprint density at radius 1 is 0.528 bits per heavy atom. The Hall–Kier alpha value is -4.82. The summed E-state index contributed by atoms with van der Waals surface area (Å²) in [6.07, 6.45) is 0. The average molecular weight is 477 g/mol. The van der Waals surface area contributed by atoms with Gasteiger partial charge in [0, 0.05) is 33.0 Å². The standard InChI is InChI=1S/C34H21NO/c1-2-10-22(11-3-1)35-30-18-6-4-12-24(30)29-17-9-16-28(34(29)35)23-20-21-32-33-26(23)14-8-15-27(33)25-13-5-7-19-31(25)36-32/h1-21H/i1D,2D,3D,4D,6D,8D,9D,10D,11D,12D,14D,15D,16D,17D,18D,20D,21D. The minimum Gasteiger partial charge on any atom is -0.456 e. The number of ether oxygens (including phenoxy) is 1. The molecule has 0 spiro atoms. The fourth-order valence-corrected chi connectivity index (χ4v) is 4.73. The summed E-state index contributed by atoms with van der Waals surface area (Å²) in [5.41, 5.74) is -2.00. The molecule has 7 aromatic rings. The van der Waals surface area contributed by atoms with Crippen molar-refractivity contribution in [3.05, 3.63) is 127 Å². The van der Waals surface area contributed by atoms with Crippen molar-refractivity contribution in [2.24, 2.45) is 0 Å². The summed E-state index contributed by atoms with van der Waals surface area (Å²) in [5, 5.41) is -1.05. The third-order valence-electron chi connectivity index (χ3n) is 6.20. The highest BCUT2D eigenvalue weighted by atomic mass is 16.5. The van der Waals surface area contributed by atoms with Crippen molar-refractivity contribution in [2.45, 2.75) is 0 Å². The summed E-state index contributed by atoms with van der Waals surface area (Å²) >= 11 is 0. The van der Waals surface area contributed by atoms with Crippen molar-refractivity contribution in [3.63, 3.8) is 0 Å². The molecule has 1 aliphatic heterocycles. The molecule has 0 aliphatic carbocycles. The summed E-state index contributed by atoms with van der Waals surface area (Å²) in [4.78, 5) is 0. The van der Waals surface area contributed by atoms with Crippen LogP contribution in [-0.2, 0) is 0 Å². The number of rotatable bonds is 2. The van der Waals surface area contributed by atoms with E-state index in [2.05, 4.69) is 0 Å². The van der Waals surface area contributed by atoms with Crippen LogP contribution >= 0.6 is 0 Å². The van der Waals surface area contributed by atoms with Crippen LogP contribution in [-0.4, -0.2) is 4.57 Å². The number of hydrogen-bond acceptors (Lipinski definition) is 1. The molecular weight excluding hydrogens is 438 g/mol. The molecule has 8 rings (SSSR count). The maximum absolute atomic E-state index is 9.35. The number of benzene rings is 6. The molecule has 0 atom stereocenters. The number of aromatic nitrogens is 1. The molecule has 0 radical (unpaired) electrons. The Kier molecular flexibility index (Phi) is 1.90. The second kappa shape index (κ2) is 7.34. The van der Waals surface area contributed by atoms with E-state index >= 15 is 0 Å². The first-order valence-corrected chi connectivity index (χ1v) is 10.9. The first-order chi connectivity index (χ1) is 24.9. The lowest BCUT2D eigenvalue weighted by Crippen LogP contribution is -1.98. The second-order valence-electron chi connectivity index (χ2n) is 8.06. The second-order valence-corrected chi connectivity index (χ2v) is 8.06. The highest BCUT2D eigenvalue weighted by Gasteiger charge is 2.23. The van der Waals surface area contributed by atoms with Crippen molar-refractivity contribution in [3.8, 4) is 39.4 Å². The van der Waals surface area contributed by atoms with E-state index in [-0.39, 0.29) is 38.6 Å². The molecule has 0 fully saturated rings. The van der Waals surface area contributed by atoms with Gasteiger partial charge in [0.15, 0.2) is 0 Å². The first-order valence-electron chi connectivity index (χ1n) is 19.4. The van der Waals surface area contributed by atoms with E-state index in [4.69, 9.17) is 25.3 Å². The van der Waals surface area contributed by atoms with Crippen LogP contribution in [0.25, 0.3) is 60.5 Å². The van der Waals surface area contributed by atoms with E-state index in [0.717, 1.165) is 4.57 Å². The summed E-state index contributed by atoms with van der Waals surface area (Å²) < 4.78 is 157. The maximum Gasteiger partial charge on any atom is 0.135 e. The Bertz CT molecular complexity index is 2870. The molecule has 2 heteroatoms. The highest BCUT2D eigenvalue weighted by molar-refractivity contribution is 6.17. The minimum absolute atomic E-state index is 0.0329. The van der Waals surface area contributed by atoms with Gasteiger partial charge in [0.1, 0.15) is 11.5 Å². The summed E-state index contributed by atoms with van der Waals surface area (Å²) in [5.74, 6) is -0.00556. The van der Waals surface area contributed by atoms with Gasteiger partial charge in [-0.25, -0.2) is 0 Å². The van der Waals surface area contributed by atoms with Crippen molar-refractivity contribution in [2.75, 3.05) is 0 Å². The lowest BCUT2D eigenvalue weighted by molar-refractivity contribution is 0.487. The molecule has 0 unspecified atom stereocenters. The zero-order valence-corrected chi connectivity index (χ0v) is 18.2. The molecule has 0 N–H and O–H groups in total. The monoisotopic (exact) mass is 476 g/mol. The predicted molar refractivity (Wildman–Crippen MR) is 149 cm³/mol. The number of para-hydroxylation sites is 4. The Morgan fingerprint density at radius 2 is 1.28 bits per heavy atom. The van der Waals surface area contributed by atoms with Gasteiger partial charge in [-0.2, -0.15) is 0 Å². The average Bonchev–Trinajstić information content (AvgIpc) is 3.49. The topological polar surface area (TPSA) is 14.2 Å². The molecule has 1 aromatic heterocycles. The van der Waals surface area contributed by atoms with Crippen LogP contribution in [0.2, 0.25) is 0 Å². The first kappa shape index (κ1) is 9.33. The summed E-state index contributed by atoms with van der Waals surface area (Å²) in [6.45, 7) is 0. The van der Waals surface area contributed by atoms with Crippen LogP contribution in [0.5, 0.6) is 11.5 Å². The molecule has 168 valence electrons. The molecule has 2 heterocycles. The quantitative estimate of drug-likeness (QED) is 0.242. The van der Waals surface area contributed by atoms with E-state index < -0.39 is 131 Å². The molecule has 0 saturated carbocycles. The predicted octanol–water partition coefficient (Wildman–Crippen LogP) is 9.38. The molecule has 6 aromatic carbocycles. The smallest absolute Gasteiger partial charge is 0.135 e. The van der Waals surface area contributed by atoms with E-state index in [1.165, 1.54) is 0 Å². The van der Waals surface area contributed by atoms with Crippen LogP contribution in [0.3, 0.4) is 0 Å². The lowest BCUT2D eigenvalue weighted by atomic mass is 9.90. The van der Waals surface area contributed by atoms with E-state index in [0.29, 0.717) is 5.56 Å². The van der Waals surface area contributed by atoms with Gasteiger partial charge in [-0.15, -0.1) is 0 Å². The van der Waals surface area contributed by atoms with Gasteiger partial charge in [-0.3, -0.25) is 0 Å². The minimum atomic E-state index is -0.816. The highest BCUT2D eigenvalue weighted by Crippen LogP contribution is 2.49.